The van der Waals surface area contributed by atoms with Crippen molar-refractivity contribution in [1.82, 2.24) is 0 Å². The molecule has 0 aliphatic carbocycles. The summed E-state index contributed by atoms with van der Waals surface area (Å²) in [5.74, 6) is -2.86. The predicted molar refractivity (Wildman–Crippen MR) is 171 cm³/mol. The topological polar surface area (TPSA) is 149 Å². The minimum absolute atomic E-state index is 0.0459. The molecule has 240 valence electrons. The van der Waals surface area contributed by atoms with Crippen LogP contribution in [0.25, 0.3) is 0 Å². The summed E-state index contributed by atoms with van der Waals surface area (Å²) in [5.41, 5.74) is 0. The van der Waals surface area contributed by atoms with E-state index in [1.54, 1.807) is 0 Å². The van der Waals surface area contributed by atoms with Crippen molar-refractivity contribution in [1.29, 1.82) is 0 Å². The molecule has 0 saturated carbocycles. The SMILES string of the molecule is O=C(O)CCCCCCP(CCCCCCC(=O)O)CCCP(CCCCCCC(=O)O)CCCCCCC(=O)O. The summed E-state index contributed by atoms with van der Waals surface area (Å²) in [6, 6.07) is 0. The van der Waals surface area contributed by atoms with Gasteiger partial charge >= 0.3 is 23.9 Å². The average molecular weight is 621 g/mol. The molecule has 0 atom stereocenters. The molecule has 0 amide bonds. The Morgan fingerprint density at radius 2 is 0.488 bits per heavy atom. The van der Waals surface area contributed by atoms with Crippen molar-refractivity contribution in [3.05, 3.63) is 0 Å². The Bertz CT molecular complexity index is 581. The van der Waals surface area contributed by atoms with Crippen molar-refractivity contribution >= 4 is 39.7 Å². The van der Waals surface area contributed by atoms with Gasteiger partial charge in [0, 0.05) is 25.7 Å². The maximum absolute atomic E-state index is 10.7. The van der Waals surface area contributed by atoms with Crippen LogP contribution in [0.4, 0.5) is 0 Å². The number of hydrogen-bond acceptors (Lipinski definition) is 4. The number of unbranched alkanes of at least 4 members (excludes halogenated alkanes) is 12. The molecule has 0 spiro atoms. The third-order valence-corrected chi connectivity index (χ3v) is 13.1. The minimum Gasteiger partial charge on any atom is -0.481 e. The Morgan fingerprint density at radius 1 is 0.293 bits per heavy atom. The number of rotatable bonds is 32. The highest BCUT2D eigenvalue weighted by atomic mass is 31.1. The first kappa shape index (κ1) is 39.7. The van der Waals surface area contributed by atoms with Crippen LogP contribution in [0.1, 0.15) is 135 Å². The zero-order valence-electron chi connectivity index (χ0n) is 25.4. The molecule has 10 heteroatoms. The van der Waals surface area contributed by atoms with E-state index < -0.39 is 23.9 Å². The van der Waals surface area contributed by atoms with Gasteiger partial charge in [0.05, 0.1) is 0 Å². The normalized spacial score (nSPS) is 11.4. The fourth-order valence-corrected chi connectivity index (χ4v) is 10.5. The molecule has 0 bridgehead atoms. The number of carbonyl (C=O) groups is 4. The summed E-state index contributed by atoms with van der Waals surface area (Å²) >= 11 is 0. The molecule has 0 radical (unpaired) electrons. The van der Waals surface area contributed by atoms with E-state index in [-0.39, 0.29) is 41.5 Å². The van der Waals surface area contributed by atoms with E-state index in [1.165, 1.54) is 69.1 Å². The molecule has 0 aliphatic rings. The summed E-state index contributed by atoms with van der Waals surface area (Å²) in [7, 11) is -0.0918. The molecule has 0 aromatic heterocycles. The largest absolute Gasteiger partial charge is 0.481 e. The second kappa shape index (κ2) is 28.8. The first-order valence-electron chi connectivity index (χ1n) is 16.0. The van der Waals surface area contributed by atoms with Crippen LogP contribution in [0.5, 0.6) is 0 Å². The number of aliphatic carboxylic acids is 4. The molecule has 8 nitrogen and oxygen atoms in total. The van der Waals surface area contributed by atoms with E-state index in [4.69, 9.17) is 20.4 Å². The molecule has 0 unspecified atom stereocenters. The van der Waals surface area contributed by atoms with Crippen LogP contribution in [-0.2, 0) is 19.2 Å². The quantitative estimate of drug-likeness (QED) is 0.0432. The summed E-state index contributed by atoms with van der Waals surface area (Å²) in [5, 5.41) is 35.4. The van der Waals surface area contributed by atoms with Gasteiger partial charge in [0.2, 0.25) is 0 Å². The molecule has 0 aliphatic heterocycles. The van der Waals surface area contributed by atoms with Gasteiger partial charge in [-0.25, -0.2) is 0 Å². The molecule has 0 saturated heterocycles. The van der Waals surface area contributed by atoms with Crippen molar-refractivity contribution in [3.8, 4) is 0 Å². The molecule has 4 N–H and O–H groups in total. The van der Waals surface area contributed by atoms with E-state index in [0.29, 0.717) is 0 Å². The zero-order chi connectivity index (χ0) is 30.6. The Labute approximate surface area is 251 Å². The van der Waals surface area contributed by atoms with Gasteiger partial charge < -0.3 is 20.4 Å². The number of hydrogen-bond donors (Lipinski definition) is 4. The lowest BCUT2D eigenvalue weighted by Crippen LogP contribution is -2.02. The Balaban J connectivity index is 4.61. The lowest BCUT2D eigenvalue weighted by atomic mass is 10.1. The first-order valence-corrected chi connectivity index (χ1v) is 19.8. The van der Waals surface area contributed by atoms with Crippen molar-refractivity contribution in [2.75, 3.05) is 37.0 Å². The van der Waals surface area contributed by atoms with E-state index in [1.807, 2.05) is 0 Å². The van der Waals surface area contributed by atoms with Crippen LogP contribution in [0.3, 0.4) is 0 Å². The van der Waals surface area contributed by atoms with Crippen LogP contribution in [0.15, 0.2) is 0 Å². The molecule has 0 aromatic rings. The summed E-state index contributed by atoms with van der Waals surface area (Å²) in [6.45, 7) is 0. The third kappa shape index (κ3) is 31.5. The van der Waals surface area contributed by atoms with Crippen LogP contribution in [0, 0.1) is 0 Å². The van der Waals surface area contributed by atoms with Gasteiger partial charge in [-0.3, -0.25) is 19.2 Å². The highest BCUT2D eigenvalue weighted by Crippen LogP contribution is 2.43. The van der Waals surface area contributed by atoms with E-state index >= 15 is 0 Å². The first-order chi connectivity index (χ1) is 19.7. The van der Waals surface area contributed by atoms with E-state index in [9.17, 15) is 19.2 Å². The molecule has 41 heavy (non-hydrogen) atoms. The zero-order valence-corrected chi connectivity index (χ0v) is 27.2. The Hall–Kier alpha value is -1.26. The molecule has 0 fully saturated rings. The monoisotopic (exact) mass is 620 g/mol. The highest BCUT2D eigenvalue weighted by Gasteiger charge is 2.12. The van der Waals surface area contributed by atoms with Crippen LogP contribution >= 0.6 is 15.8 Å². The molecule has 0 aromatic carbocycles. The van der Waals surface area contributed by atoms with Gasteiger partial charge in [-0.05, 0) is 94.8 Å². The summed E-state index contributed by atoms with van der Waals surface area (Å²) in [4.78, 5) is 43.0. The van der Waals surface area contributed by atoms with Crippen LogP contribution < -0.4 is 0 Å². The lowest BCUT2D eigenvalue weighted by Gasteiger charge is -2.21. The molecule has 0 rings (SSSR count). The standard InChI is InChI=1S/C31H58O8P2/c32-28(33)18-9-1-5-13-22-40(23-14-6-2-10-19-29(34)35)26-17-27-41(24-15-7-3-11-20-30(36)37)25-16-8-4-12-21-31(38)39/h1-27H2,(H,32,33)(H,34,35)(H,36,37)(H,38,39). The second-order valence-corrected chi connectivity index (χ2v) is 16.6. The van der Waals surface area contributed by atoms with E-state index in [2.05, 4.69) is 0 Å². The third-order valence-electron chi connectivity index (χ3n) is 7.41. The van der Waals surface area contributed by atoms with Crippen molar-refractivity contribution in [2.45, 2.75) is 135 Å². The maximum Gasteiger partial charge on any atom is 0.303 e. The van der Waals surface area contributed by atoms with Gasteiger partial charge in [-0.2, -0.15) is 0 Å². The van der Waals surface area contributed by atoms with Crippen molar-refractivity contribution in [2.24, 2.45) is 0 Å². The van der Waals surface area contributed by atoms with E-state index in [0.717, 1.165) is 77.0 Å². The van der Waals surface area contributed by atoms with Crippen LogP contribution in [0.2, 0.25) is 0 Å². The fourth-order valence-electron chi connectivity index (χ4n) is 5.05. The average Bonchev–Trinajstić information content (AvgIpc) is 2.90. The minimum atomic E-state index is -0.716. The van der Waals surface area contributed by atoms with Gasteiger partial charge in [0.1, 0.15) is 0 Å². The Morgan fingerprint density at radius 3 is 0.707 bits per heavy atom. The molecule has 0 heterocycles. The van der Waals surface area contributed by atoms with Gasteiger partial charge in [0.15, 0.2) is 0 Å². The van der Waals surface area contributed by atoms with Gasteiger partial charge in [-0.15, -0.1) is 15.8 Å². The smallest absolute Gasteiger partial charge is 0.303 e. The van der Waals surface area contributed by atoms with Gasteiger partial charge in [0.25, 0.3) is 0 Å². The molecular formula is C31H58O8P2. The molecular weight excluding hydrogens is 562 g/mol. The predicted octanol–water partition coefficient (Wildman–Crippen LogP) is 8.48. The van der Waals surface area contributed by atoms with Gasteiger partial charge in [-0.1, -0.05) is 51.4 Å². The number of carboxylic acid groups (broad SMARTS) is 4. The second-order valence-electron chi connectivity index (χ2n) is 11.3. The fraction of sp³-hybridized carbons (Fsp3) is 0.871. The van der Waals surface area contributed by atoms with Crippen molar-refractivity contribution < 1.29 is 39.6 Å². The highest BCUT2D eigenvalue weighted by molar-refractivity contribution is 7.58. The summed E-state index contributed by atoms with van der Waals surface area (Å²) in [6.07, 6.45) is 25.9. The van der Waals surface area contributed by atoms with Crippen LogP contribution in [-0.4, -0.2) is 81.3 Å². The summed E-state index contributed by atoms with van der Waals surface area (Å²) < 4.78 is 0. The van der Waals surface area contributed by atoms with Crippen molar-refractivity contribution in [3.63, 3.8) is 0 Å². The maximum atomic E-state index is 10.7. The Kier molecular flexibility index (Phi) is 28.0. The lowest BCUT2D eigenvalue weighted by molar-refractivity contribution is -0.138. The number of carboxylic acids is 4.